The van der Waals surface area contributed by atoms with Crippen molar-refractivity contribution in [1.29, 1.82) is 0 Å². The van der Waals surface area contributed by atoms with Gasteiger partial charge < -0.3 is 5.32 Å². The van der Waals surface area contributed by atoms with Crippen LogP contribution in [0.2, 0.25) is 0 Å². The van der Waals surface area contributed by atoms with Crippen LogP contribution in [-0.2, 0) is 19.4 Å². The second-order valence-electron chi connectivity index (χ2n) is 4.47. The highest BCUT2D eigenvalue weighted by Gasteiger charge is 2.04. The fourth-order valence-electron chi connectivity index (χ4n) is 1.67. The fraction of sp³-hybridized carbons (Fsp3) is 0.917. The Bertz CT molecular complexity index is 329. The zero-order valence-electron chi connectivity index (χ0n) is 11.6. The van der Waals surface area contributed by atoms with Crippen LogP contribution in [0.3, 0.4) is 0 Å². The molecule has 0 aromatic rings. The first-order valence-electron chi connectivity index (χ1n) is 6.84. The van der Waals surface area contributed by atoms with Crippen molar-refractivity contribution in [3.8, 4) is 0 Å². The van der Waals surface area contributed by atoms with E-state index in [9.17, 15) is 13.2 Å². The minimum Gasteiger partial charge on any atom is -0.354 e. The maximum absolute atomic E-state index is 11.3. The second kappa shape index (κ2) is 11.2. The minimum atomic E-state index is -4.41. The van der Waals surface area contributed by atoms with E-state index in [0.717, 1.165) is 19.3 Å². The van der Waals surface area contributed by atoms with Crippen LogP contribution < -0.4 is 5.32 Å². The summed E-state index contributed by atoms with van der Waals surface area (Å²) < 4.78 is 32.8. The summed E-state index contributed by atoms with van der Waals surface area (Å²) in [5, 5.41) is 2.53. The minimum absolute atomic E-state index is 0.0785. The molecule has 0 rings (SSSR count). The van der Waals surface area contributed by atoms with E-state index in [1.165, 1.54) is 25.7 Å². The first-order valence-corrected chi connectivity index (χ1v) is 8.20. The van der Waals surface area contributed by atoms with E-state index in [-0.39, 0.29) is 19.1 Å². The van der Waals surface area contributed by atoms with Crippen molar-refractivity contribution in [3.05, 3.63) is 0 Å². The monoisotopic (exact) mass is 295 g/mol. The van der Waals surface area contributed by atoms with E-state index in [1.807, 2.05) is 0 Å². The van der Waals surface area contributed by atoms with E-state index >= 15 is 0 Å². The normalized spacial score (nSPS) is 11.5. The second-order valence-corrected chi connectivity index (χ2v) is 5.56. The van der Waals surface area contributed by atoms with Crippen LogP contribution in [0.1, 0.15) is 58.3 Å². The molecule has 2 N–H and O–H groups in total. The van der Waals surface area contributed by atoms with Gasteiger partial charge in [0.15, 0.2) is 0 Å². The first-order chi connectivity index (χ1) is 8.95. The summed E-state index contributed by atoms with van der Waals surface area (Å²) in [6.45, 7) is 2.01. The molecule has 0 aliphatic heterocycles. The number of hydrogen-bond acceptors (Lipinski definition) is 4. The summed E-state index contributed by atoms with van der Waals surface area (Å²) in [5.41, 5.74) is 0. The van der Waals surface area contributed by atoms with Gasteiger partial charge in [0.05, 0.1) is 6.61 Å². The van der Waals surface area contributed by atoms with Gasteiger partial charge in [0.25, 0.3) is 0 Å². The van der Waals surface area contributed by atoms with Gasteiger partial charge in [-0.15, -0.1) is 0 Å². The average Bonchev–Trinajstić information content (AvgIpc) is 2.32. The third kappa shape index (κ3) is 15.3. The first kappa shape index (κ1) is 18.3. The zero-order chi connectivity index (χ0) is 14.6. The number of rotatable bonds is 12. The zero-order valence-corrected chi connectivity index (χ0v) is 12.4. The smallest absolute Gasteiger partial charge is 0.354 e. The molecule has 0 aromatic heterocycles. The number of carbonyl (C=O) groups excluding carboxylic acids is 1. The number of hydrogen-bond donors (Lipinski definition) is 2. The molecule has 0 aliphatic rings. The van der Waals surface area contributed by atoms with Crippen LogP contribution in [0, 0.1) is 0 Å². The van der Waals surface area contributed by atoms with Crippen molar-refractivity contribution < 1.29 is 21.9 Å². The highest BCUT2D eigenvalue weighted by atomic mass is 32.3. The Kier molecular flexibility index (Phi) is 10.8. The summed E-state index contributed by atoms with van der Waals surface area (Å²) in [5.74, 6) is -0.118. The van der Waals surface area contributed by atoms with Crippen molar-refractivity contribution in [2.75, 3.05) is 13.2 Å². The number of nitrogens with one attached hydrogen (secondary N) is 1. The Balaban J connectivity index is 3.31. The van der Waals surface area contributed by atoms with Crippen LogP contribution >= 0.6 is 0 Å². The Hall–Kier alpha value is -0.660. The number of amides is 1. The molecule has 114 valence electrons. The summed E-state index contributed by atoms with van der Waals surface area (Å²) in [6.07, 6.45) is 8.46. The molecule has 0 aromatic carbocycles. The molecule has 0 fully saturated rings. The quantitative estimate of drug-likeness (QED) is 0.424. The van der Waals surface area contributed by atoms with Gasteiger partial charge in [-0.05, 0) is 6.42 Å². The molecule has 19 heavy (non-hydrogen) atoms. The van der Waals surface area contributed by atoms with E-state index in [4.69, 9.17) is 4.55 Å². The van der Waals surface area contributed by atoms with Crippen molar-refractivity contribution in [2.24, 2.45) is 0 Å². The van der Waals surface area contributed by atoms with Crippen molar-refractivity contribution in [3.63, 3.8) is 0 Å². The van der Waals surface area contributed by atoms with Crippen molar-refractivity contribution in [1.82, 2.24) is 5.32 Å². The lowest BCUT2D eigenvalue weighted by molar-refractivity contribution is -0.121. The van der Waals surface area contributed by atoms with Crippen LogP contribution in [0.5, 0.6) is 0 Å². The largest absolute Gasteiger partial charge is 0.397 e. The summed E-state index contributed by atoms with van der Waals surface area (Å²) in [7, 11) is -4.41. The topological polar surface area (TPSA) is 92.7 Å². The van der Waals surface area contributed by atoms with Crippen LogP contribution in [0.25, 0.3) is 0 Å². The Morgan fingerprint density at radius 1 is 1.11 bits per heavy atom. The Morgan fingerprint density at radius 2 is 1.68 bits per heavy atom. The molecule has 0 saturated carbocycles. The molecular weight excluding hydrogens is 270 g/mol. The summed E-state index contributed by atoms with van der Waals surface area (Å²) >= 11 is 0. The average molecular weight is 295 g/mol. The van der Waals surface area contributed by atoms with E-state index in [1.54, 1.807) is 0 Å². The van der Waals surface area contributed by atoms with Gasteiger partial charge >= 0.3 is 10.4 Å². The SMILES string of the molecule is CCCCCCCCCC(=O)NCCOS(=O)(=O)O. The molecule has 0 saturated heterocycles. The van der Waals surface area contributed by atoms with E-state index in [0.29, 0.717) is 6.42 Å². The molecule has 0 atom stereocenters. The molecule has 0 heterocycles. The summed E-state index contributed by atoms with van der Waals surface area (Å²) in [6, 6.07) is 0. The number of unbranched alkanes of at least 4 members (excludes halogenated alkanes) is 6. The standard InChI is InChI=1S/C12H25NO5S/c1-2-3-4-5-6-7-8-9-12(14)13-10-11-18-19(15,16)17/h2-11H2,1H3,(H,13,14)(H,15,16,17). The molecule has 0 unspecified atom stereocenters. The van der Waals surface area contributed by atoms with Gasteiger partial charge in [-0.3, -0.25) is 9.35 Å². The van der Waals surface area contributed by atoms with E-state index in [2.05, 4.69) is 16.4 Å². The fourth-order valence-corrected chi connectivity index (χ4v) is 1.96. The molecule has 0 spiro atoms. The van der Waals surface area contributed by atoms with Gasteiger partial charge in [0, 0.05) is 13.0 Å². The van der Waals surface area contributed by atoms with E-state index < -0.39 is 10.4 Å². The van der Waals surface area contributed by atoms with Crippen molar-refractivity contribution in [2.45, 2.75) is 58.3 Å². The van der Waals surface area contributed by atoms with Gasteiger partial charge in [-0.1, -0.05) is 45.4 Å². The Morgan fingerprint density at radius 3 is 2.26 bits per heavy atom. The maximum atomic E-state index is 11.3. The highest BCUT2D eigenvalue weighted by Crippen LogP contribution is 2.08. The van der Waals surface area contributed by atoms with Gasteiger partial charge in [-0.2, -0.15) is 8.42 Å². The van der Waals surface area contributed by atoms with Crippen molar-refractivity contribution >= 4 is 16.3 Å². The predicted octanol–water partition coefficient (Wildman–Crippen LogP) is 2.06. The lowest BCUT2D eigenvalue weighted by Gasteiger charge is -2.04. The Labute approximate surface area is 115 Å². The van der Waals surface area contributed by atoms with Crippen LogP contribution in [-0.4, -0.2) is 32.0 Å². The van der Waals surface area contributed by atoms with Crippen LogP contribution in [0.4, 0.5) is 0 Å². The number of carbonyl (C=O) groups is 1. The molecule has 0 bridgehead atoms. The summed E-state index contributed by atoms with van der Waals surface area (Å²) in [4.78, 5) is 11.3. The van der Waals surface area contributed by atoms with Gasteiger partial charge in [0.2, 0.25) is 5.91 Å². The highest BCUT2D eigenvalue weighted by molar-refractivity contribution is 7.80. The predicted molar refractivity (Wildman–Crippen MR) is 73.1 cm³/mol. The third-order valence-electron chi connectivity index (χ3n) is 2.66. The van der Waals surface area contributed by atoms with Gasteiger partial charge in [0.1, 0.15) is 0 Å². The molecule has 6 nitrogen and oxygen atoms in total. The van der Waals surface area contributed by atoms with Gasteiger partial charge in [-0.25, -0.2) is 4.18 Å². The molecule has 7 heteroatoms. The lowest BCUT2D eigenvalue weighted by atomic mass is 10.1. The molecule has 0 aliphatic carbocycles. The molecule has 1 amide bonds. The third-order valence-corrected chi connectivity index (χ3v) is 3.13. The molecule has 0 radical (unpaired) electrons. The van der Waals surface area contributed by atoms with Crippen LogP contribution in [0.15, 0.2) is 0 Å². The molecular formula is C12H25NO5S. The maximum Gasteiger partial charge on any atom is 0.397 e. The lowest BCUT2D eigenvalue weighted by Crippen LogP contribution is -2.27.